The van der Waals surface area contributed by atoms with Crippen molar-refractivity contribution in [1.82, 2.24) is 5.32 Å². The number of rotatable bonds is 1. The number of hydrogen-bond donors (Lipinski definition) is 1. The maximum atomic E-state index is 13.2. The number of benzene rings is 1. The van der Waals surface area contributed by atoms with E-state index >= 15 is 0 Å². The van der Waals surface area contributed by atoms with E-state index < -0.39 is 23.3 Å². The van der Waals surface area contributed by atoms with Gasteiger partial charge in [-0.2, -0.15) is 0 Å². The van der Waals surface area contributed by atoms with E-state index in [1.807, 2.05) is 56.9 Å². The molecule has 3 aliphatic heterocycles. The summed E-state index contributed by atoms with van der Waals surface area (Å²) in [6, 6.07) is 5.18. The molecule has 5 heteroatoms. The second-order valence-electron chi connectivity index (χ2n) is 8.28. The van der Waals surface area contributed by atoms with Gasteiger partial charge in [-0.05, 0) is 24.6 Å². The van der Waals surface area contributed by atoms with Gasteiger partial charge in [0, 0.05) is 11.1 Å². The molecule has 25 heavy (non-hydrogen) atoms. The number of amides is 2. The van der Waals surface area contributed by atoms with Crippen molar-refractivity contribution in [3.63, 3.8) is 0 Å². The van der Waals surface area contributed by atoms with Crippen LogP contribution < -0.4 is 10.2 Å². The van der Waals surface area contributed by atoms with Gasteiger partial charge in [-0.25, -0.2) is 0 Å². The van der Waals surface area contributed by atoms with Gasteiger partial charge in [0.2, 0.25) is 11.8 Å². The van der Waals surface area contributed by atoms with E-state index in [2.05, 4.69) is 11.4 Å². The summed E-state index contributed by atoms with van der Waals surface area (Å²) in [5.74, 6) is -1.73. The van der Waals surface area contributed by atoms with Crippen LogP contribution in [-0.4, -0.2) is 29.7 Å². The first-order chi connectivity index (χ1) is 11.7. The molecule has 0 bridgehead atoms. The Kier molecular flexibility index (Phi) is 3.24. The van der Waals surface area contributed by atoms with Crippen LogP contribution in [0.25, 0.3) is 6.08 Å². The molecule has 1 N–H and O–H groups in total. The molecule has 0 aromatic heterocycles. The molecule has 3 aliphatic rings. The average Bonchev–Trinajstić information content (AvgIpc) is 3.01. The van der Waals surface area contributed by atoms with E-state index in [1.54, 1.807) is 0 Å². The minimum atomic E-state index is -0.624. The quantitative estimate of drug-likeness (QED) is 0.796. The summed E-state index contributed by atoms with van der Waals surface area (Å²) < 4.78 is 0. The fourth-order valence-electron chi connectivity index (χ4n) is 4.35. The molecule has 130 valence electrons. The SMILES string of the molecule is Cc1ccc2c(c1)C=C[C@@H]1[C@@H]3C(=O)NC(=O)[C@H]3[C@@H](C(=O)C(C)(C)C)N21. The molecule has 2 fully saturated rings. The lowest BCUT2D eigenvalue weighted by molar-refractivity contribution is -0.132. The first-order valence-electron chi connectivity index (χ1n) is 8.66. The molecule has 4 atom stereocenters. The zero-order valence-corrected chi connectivity index (χ0v) is 14.9. The smallest absolute Gasteiger partial charge is 0.233 e. The number of nitrogens with zero attached hydrogens (tertiary/aromatic N) is 1. The van der Waals surface area contributed by atoms with Crippen LogP contribution in [0, 0.1) is 24.2 Å². The number of ketones is 1. The summed E-state index contributed by atoms with van der Waals surface area (Å²) in [6.07, 6.45) is 3.97. The Hall–Kier alpha value is -2.43. The number of carbonyl (C=O) groups excluding carboxylic acids is 3. The molecule has 2 saturated heterocycles. The third-order valence-electron chi connectivity index (χ3n) is 5.51. The fourth-order valence-corrected chi connectivity index (χ4v) is 4.35. The maximum Gasteiger partial charge on any atom is 0.233 e. The van der Waals surface area contributed by atoms with Crippen LogP contribution in [0.2, 0.25) is 0 Å². The van der Waals surface area contributed by atoms with Crippen LogP contribution in [0.3, 0.4) is 0 Å². The van der Waals surface area contributed by atoms with Gasteiger partial charge in [0.1, 0.15) is 6.04 Å². The number of fused-ring (bicyclic) bond motifs is 5. The van der Waals surface area contributed by atoms with Gasteiger partial charge in [0.05, 0.1) is 17.9 Å². The molecule has 5 nitrogen and oxygen atoms in total. The second-order valence-corrected chi connectivity index (χ2v) is 8.28. The molecule has 0 saturated carbocycles. The van der Waals surface area contributed by atoms with Crippen molar-refractivity contribution < 1.29 is 14.4 Å². The van der Waals surface area contributed by atoms with Crippen molar-refractivity contribution in [1.29, 1.82) is 0 Å². The van der Waals surface area contributed by atoms with Crippen LogP contribution in [0.1, 0.15) is 31.9 Å². The minimum absolute atomic E-state index is 0.00308. The van der Waals surface area contributed by atoms with Crippen LogP contribution in [0.4, 0.5) is 5.69 Å². The number of aryl methyl sites for hydroxylation is 1. The zero-order valence-electron chi connectivity index (χ0n) is 14.9. The molecule has 3 heterocycles. The minimum Gasteiger partial charge on any atom is -0.353 e. The first kappa shape index (κ1) is 16.1. The Bertz CT molecular complexity index is 834. The van der Waals surface area contributed by atoms with E-state index in [9.17, 15) is 14.4 Å². The van der Waals surface area contributed by atoms with Gasteiger partial charge in [-0.1, -0.05) is 44.6 Å². The lowest BCUT2D eigenvalue weighted by Gasteiger charge is -2.38. The monoisotopic (exact) mass is 338 g/mol. The van der Waals surface area contributed by atoms with Crippen molar-refractivity contribution in [2.45, 2.75) is 39.8 Å². The summed E-state index contributed by atoms with van der Waals surface area (Å²) in [5, 5.41) is 2.43. The molecular weight excluding hydrogens is 316 g/mol. The van der Waals surface area contributed by atoms with Gasteiger partial charge in [0.15, 0.2) is 5.78 Å². The van der Waals surface area contributed by atoms with Crippen LogP contribution >= 0.6 is 0 Å². The van der Waals surface area contributed by atoms with Gasteiger partial charge < -0.3 is 4.90 Å². The summed E-state index contributed by atoms with van der Waals surface area (Å²) >= 11 is 0. The Labute approximate surface area is 147 Å². The highest BCUT2D eigenvalue weighted by atomic mass is 16.2. The van der Waals surface area contributed by atoms with Crippen molar-refractivity contribution >= 4 is 29.4 Å². The van der Waals surface area contributed by atoms with E-state index in [0.717, 1.165) is 16.8 Å². The van der Waals surface area contributed by atoms with Crippen molar-refractivity contribution in [3.8, 4) is 0 Å². The van der Waals surface area contributed by atoms with Gasteiger partial charge >= 0.3 is 0 Å². The fraction of sp³-hybridized carbons (Fsp3) is 0.450. The molecule has 1 aromatic carbocycles. The maximum absolute atomic E-state index is 13.2. The lowest BCUT2D eigenvalue weighted by atomic mass is 9.79. The summed E-state index contributed by atoms with van der Waals surface area (Å²) in [5.41, 5.74) is 2.49. The molecular formula is C20H22N2O3. The van der Waals surface area contributed by atoms with Crippen LogP contribution in [-0.2, 0) is 14.4 Å². The largest absolute Gasteiger partial charge is 0.353 e. The van der Waals surface area contributed by atoms with E-state index in [0.29, 0.717) is 0 Å². The Morgan fingerprint density at radius 2 is 1.80 bits per heavy atom. The number of anilines is 1. The number of nitrogens with one attached hydrogen (secondary N) is 1. The molecule has 0 unspecified atom stereocenters. The molecule has 0 radical (unpaired) electrons. The summed E-state index contributed by atoms with van der Waals surface area (Å²) in [7, 11) is 0. The highest BCUT2D eigenvalue weighted by molar-refractivity contribution is 6.11. The van der Waals surface area contributed by atoms with E-state index in [1.165, 1.54) is 0 Å². The van der Waals surface area contributed by atoms with Crippen molar-refractivity contribution in [3.05, 3.63) is 35.4 Å². The standard InChI is InChI=1S/C20H22N2O3/c1-10-5-7-12-11(9-10)6-8-13-14-15(19(25)21-18(14)24)16(22(12)13)17(23)20(2,3)4/h5-9,13-16H,1-4H3,(H,21,24,25)/t13-,14+,15-,16+/m1/s1. The van der Waals surface area contributed by atoms with E-state index in [-0.39, 0.29) is 23.6 Å². The topological polar surface area (TPSA) is 66.5 Å². The first-order valence-corrected chi connectivity index (χ1v) is 8.66. The summed E-state index contributed by atoms with van der Waals surface area (Å²) in [6.45, 7) is 7.61. The van der Waals surface area contributed by atoms with Crippen LogP contribution in [0.5, 0.6) is 0 Å². The number of imide groups is 1. The van der Waals surface area contributed by atoms with Gasteiger partial charge in [-0.15, -0.1) is 0 Å². The molecule has 0 aliphatic carbocycles. The van der Waals surface area contributed by atoms with Gasteiger partial charge in [0.25, 0.3) is 0 Å². The number of carbonyl (C=O) groups is 3. The predicted molar refractivity (Wildman–Crippen MR) is 94.9 cm³/mol. The van der Waals surface area contributed by atoms with Crippen molar-refractivity contribution in [2.75, 3.05) is 4.90 Å². The normalized spacial score (nSPS) is 30.0. The third kappa shape index (κ3) is 2.18. The Morgan fingerprint density at radius 1 is 1.12 bits per heavy atom. The molecule has 1 aromatic rings. The number of Topliss-reactive ketones (excluding diaryl/α,β-unsaturated/α-hetero) is 1. The lowest BCUT2D eigenvalue weighted by Crippen LogP contribution is -2.50. The summed E-state index contributed by atoms with van der Waals surface area (Å²) in [4.78, 5) is 40.1. The zero-order chi connectivity index (χ0) is 18.1. The van der Waals surface area contributed by atoms with Gasteiger partial charge in [-0.3, -0.25) is 19.7 Å². The number of hydrogen-bond acceptors (Lipinski definition) is 4. The molecule has 2 amide bonds. The predicted octanol–water partition coefficient (Wildman–Crippen LogP) is 2.08. The Morgan fingerprint density at radius 3 is 2.48 bits per heavy atom. The Balaban J connectivity index is 1.90. The average molecular weight is 338 g/mol. The molecule has 4 rings (SSSR count). The molecule has 0 spiro atoms. The van der Waals surface area contributed by atoms with Crippen molar-refractivity contribution in [2.24, 2.45) is 17.3 Å². The third-order valence-corrected chi connectivity index (χ3v) is 5.51. The highest BCUT2D eigenvalue weighted by Crippen LogP contribution is 2.47. The second kappa shape index (κ2) is 5.04. The van der Waals surface area contributed by atoms with E-state index in [4.69, 9.17) is 0 Å². The van der Waals surface area contributed by atoms with Crippen LogP contribution in [0.15, 0.2) is 24.3 Å². The highest BCUT2D eigenvalue weighted by Gasteiger charge is 2.62.